The van der Waals surface area contributed by atoms with Crippen LogP contribution in [0.2, 0.25) is 5.02 Å². The highest BCUT2D eigenvalue weighted by atomic mass is 35.5. The van der Waals surface area contributed by atoms with E-state index in [1.165, 1.54) is 0 Å². The zero-order valence-corrected chi connectivity index (χ0v) is 13.0. The number of nitrogens with zero attached hydrogens (tertiary/aromatic N) is 4. The highest BCUT2D eigenvalue weighted by Gasteiger charge is 2.28. The van der Waals surface area contributed by atoms with Gasteiger partial charge in [-0.3, -0.25) is 9.58 Å². The normalized spacial score (nSPS) is 23.4. The van der Waals surface area contributed by atoms with Gasteiger partial charge in [0.05, 0.1) is 19.3 Å². The van der Waals surface area contributed by atoms with Gasteiger partial charge in [0.25, 0.3) is 0 Å². The van der Waals surface area contributed by atoms with E-state index in [-0.39, 0.29) is 6.10 Å². The van der Waals surface area contributed by atoms with Gasteiger partial charge in [0, 0.05) is 24.7 Å². The van der Waals surface area contributed by atoms with Gasteiger partial charge >= 0.3 is 0 Å². The lowest BCUT2D eigenvalue weighted by Gasteiger charge is -2.37. The minimum absolute atomic E-state index is 0.0492. The molecule has 2 atom stereocenters. The summed E-state index contributed by atoms with van der Waals surface area (Å²) in [7, 11) is 1.92. The molecule has 0 saturated carbocycles. The standard InChI is InChI=1S/C15H19ClN4O/c1-11-9-21-14(12-4-3-5-13(16)6-12)7-20(11)8-15-17-10-18-19(15)2/h3-6,10-11,14H,7-9H2,1-2H3/t11-,14-/m0/s1. The summed E-state index contributed by atoms with van der Waals surface area (Å²) in [6.07, 6.45) is 1.64. The molecule has 6 heteroatoms. The molecular formula is C15H19ClN4O. The zero-order valence-electron chi connectivity index (χ0n) is 12.2. The van der Waals surface area contributed by atoms with Crippen molar-refractivity contribution >= 4 is 11.6 Å². The van der Waals surface area contributed by atoms with Crippen molar-refractivity contribution < 1.29 is 4.74 Å². The molecule has 0 N–H and O–H groups in total. The number of benzene rings is 1. The molecule has 0 spiro atoms. The lowest BCUT2D eigenvalue weighted by atomic mass is 10.1. The van der Waals surface area contributed by atoms with E-state index in [0.717, 1.165) is 29.5 Å². The summed E-state index contributed by atoms with van der Waals surface area (Å²) in [6, 6.07) is 8.24. The second-order valence-electron chi connectivity index (χ2n) is 5.46. The molecule has 0 amide bonds. The Morgan fingerprint density at radius 2 is 2.29 bits per heavy atom. The Kier molecular flexibility index (Phi) is 4.24. The van der Waals surface area contributed by atoms with Crippen LogP contribution in [0.5, 0.6) is 0 Å². The Bertz CT molecular complexity index is 615. The first-order valence-electron chi connectivity index (χ1n) is 7.07. The van der Waals surface area contributed by atoms with Crippen molar-refractivity contribution in [3.8, 4) is 0 Å². The predicted octanol–water partition coefficient (Wildman–Crippen LogP) is 2.43. The fraction of sp³-hybridized carbons (Fsp3) is 0.467. The third-order valence-corrected chi connectivity index (χ3v) is 4.17. The number of hydrogen-bond acceptors (Lipinski definition) is 4. The third kappa shape index (κ3) is 3.26. The molecule has 2 heterocycles. The van der Waals surface area contributed by atoms with Crippen LogP contribution in [0.3, 0.4) is 0 Å². The van der Waals surface area contributed by atoms with Gasteiger partial charge in [-0.2, -0.15) is 5.10 Å². The molecule has 2 aromatic rings. The summed E-state index contributed by atoms with van der Waals surface area (Å²) in [5, 5.41) is 4.87. The lowest BCUT2D eigenvalue weighted by molar-refractivity contribution is -0.0643. The van der Waals surface area contributed by atoms with Gasteiger partial charge in [-0.15, -0.1) is 0 Å². The molecule has 1 aliphatic heterocycles. The zero-order chi connectivity index (χ0) is 14.8. The Labute approximate surface area is 129 Å². The Morgan fingerprint density at radius 3 is 3.00 bits per heavy atom. The van der Waals surface area contributed by atoms with Gasteiger partial charge in [-0.05, 0) is 24.6 Å². The van der Waals surface area contributed by atoms with Gasteiger partial charge in [0.2, 0.25) is 0 Å². The van der Waals surface area contributed by atoms with Crippen LogP contribution in [0.15, 0.2) is 30.6 Å². The molecule has 21 heavy (non-hydrogen) atoms. The predicted molar refractivity (Wildman–Crippen MR) is 81.0 cm³/mol. The van der Waals surface area contributed by atoms with Crippen molar-refractivity contribution in [2.75, 3.05) is 13.2 Å². The molecule has 0 unspecified atom stereocenters. The van der Waals surface area contributed by atoms with Gasteiger partial charge in [-0.1, -0.05) is 23.7 Å². The van der Waals surface area contributed by atoms with Crippen LogP contribution < -0.4 is 0 Å². The quantitative estimate of drug-likeness (QED) is 0.873. The fourth-order valence-corrected chi connectivity index (χ4v) is 2.78. The molecule has 1 aromatic carbocycles. The van der Waals surface area contributed by atoms with E-state index < -0.39 is 0 Å². The molecule has 112 valence electrons. The van der Waals surface area contributed by atoms with Crippen molar-refractivity contribution in [1.82, 2.24) is 19.7 Å². The topological polar surface area (TPSA) is 43.2 Å². The van der Waals surface area contributed by atoms with E-state index >= 15 is 0 Å². The van der Waals surface area contributed by atoms with E-state index in [2.05, 4.69) is 28.0 Å². The number of rotatable bonds is 3. The summed E-state index contributed by atoms with van der Waals surface area (Å²) in [5.41, 5.74) is 1.12. The smallest absolute Gasteiger partial charge is 0.140 e. The molecule has 0 radical (unpaired) electrons. The van der Waals surface area contributed by atoms with E-state index in [4.69, 9.17) is 16.3 Å². The first-order valence-corrected chi connectivity index (χ1v) is 7.45. The minimum atomic E-state index is 0.0492. The van der Waals surface area contributed by atoms with Gasteiger partial charge in [0.1, 0.15) is 12.2 Å². The highest BCUT2D eigenvalue weighted by Crippen LogP contribution is 2.27. The molecule has 1 fully saturated rings. The molecule has 5 nitrogen and oxygen atoms in total. The van der Waals surface area contributed by atoms with Crippen LogP contribution in [0.25, 0.3) is 0 Å². The molecular weight excluding hydrogens is 288 g/mol. The molecule has 0 bridgehead atoms. The van der Waals surface area contributed by atoms with Crippen LogP contribution in [0.1, 0.15) is 24.4 Å². The van der Waals surface area contributed by atoms with Crippen molar-refractivity contribution in [2.45, 2.75) is 25.6 Å². The second kappa shape index (κ2) is 6.13. The van der Waals surface area contributed by atoms with Gasteiger partial charge in [0.15, 0.2) is 0 Å². The maximum Gasteiger partial charge on any atom is 0.140 e. The number of aryl methyl sites for hydroxylation is 1. The molecule has 1 aromatic heterocycles. The maximum atomic E-state index is 6.07. The van der Waals surface area contributed by atoms with Crippen LogP contribution >= 0.6 is 11.6 Å². The first-order chi connectivity index (χ1) is 10.1. The first kappa shape index (κ1) is 14.5. The summed E-state index contributed by atoms with van der Waals surface area (Å²) >= 11 is 6.07. The van der Waals surface area contributed by atoms with Gasteiger partial charge in [-0.25, -0.2) is 4.98 Å². The SMILES string of the molecule is C[C@H]1CO[C@H](c2cccc(Cl)c2)CN1Cc1ncnn1C. The Balaban J connectivity index is 1.74. The monoisotopic (exact) mass is 306 g/mol. The van der Waals surface area contributed by atoms with Crippen molar-refractivity contribution in [1.29, 1.82) is 0 Å². The van der Waals surface area contributed by atoms with E-state index in [1.54, 1.807) is 6.33 Å². The maximum absolute atomic E-state index is 6.07. The minimum Gasteiger partial charge on any atom is -0.371 e. The van der Waals surface area contributed by atoms with Gasteiger partial charge < -0.3 is 4.74 Å². The lowest BCUT2D eigenvalue weighted by Crippen LogP contribution is -2.44. The second-order valence-corrected chi connectivity index (χ2v) is 5.89. The molecule has 3 rings (SSSR count). The largest absolute Gasteiger partial charge is 0.371 e. The average Bonchev–Trinajstić information content (AvgIpc) is 2.87. The van der Waals surface area contributed by atoms with Crippen LogP contribution in [0, 0.1) is 0 Å². The summed E-state index contributed by atoms with van der Waals surface area (Å²) in [5.74, 6) is 0.966. The Morgan fingerprint density at radius 1 is 1.43 bits per heavy atom. The number of aromatic nitrogens is 3. The van der Waals surface area contributed by atoms with Crippen LogP contribution in [-0.4, -0.2) is 38.9 Å². The number of ether oxygens (including phenoxy) is 1. The third-order valence-electron chi connectivity index (χ3n) is 3.93. The summed E-state index contributed by atoms with van der Waals surface area (Å²) in [6.45, 7) is 4.48. The van der Waals surface area contributed by atoms with Crippen LogP contribution in [0.4, 0.5) is 0 Å². The summed E-state index contributed by atoms with van der Waals surface area (Å²) < 4.78 is 7.78. The van der Waals surface area contributed by atoms with Crippen molar-refractivity contribution in [2.24, 2.45) is 7.05 Å². The van der Waals surface area contributed by atoms with E-state index in [9.17, 15) is 0 Å². The Hall–Kier alpha value is -1.43. The van der Waals surface area contributed by atoms with E-state index in [0.29, 0.717) is 12.6 Å². The van der Waals surface area contributed by atoms with Crippen molar-refractivity contribution in [3.63, 3.8) is 0 Å². The number of morpholine rings is 1. The van der Waals surface area contributed by atoms with Crippen molar-refractivity contribution in [3.05, 3.63) is 47.0 Å². The van der Waals surface area contributed by atoms with E-state index in [1.807, 2.05) is 29.9 Å². The molecule has 1 saturated heterocycles. The molecule has 1 aliphatic rings. The molecule has 0 aliphatic carbocycles. The van der Waals surface area contributed by atoms with Crippen LogP contribution in [-0.2, 0) is 18.3 Å². The number of hydrogen-bond donors (Lipinski definition) is 0. The number of halogens is 1. The highest BCUT2D eigenvalue weighted by molar-refractivity contribution is 6.30. The summed E-state index contributed by atoms with van der Waals surface area (Å²) in [4.78, 5) is 6.68. The fourth-order valence-electron chi connectivity index (χ4n) is 2.58. The average molecular weight is 307 g/mol.